The van der Waals surface area contributed by atoms with Gasteiger partial charge in [-0.15, -0.1) is 0 Å². The Balaban J connectivity index is 3.16. The van der Waals surface area contributed by atoms with Crippen LogP contribution in [0.5, 0.6) is 0 Å². The van der Waals surface area contributed by atoms with Crippen molar-refractivity contribution in [1.29, 1.82) is 0 Å². The number of aryl methyl sites for hydroxylation is 1. The molecule has 0 unspecified atom stereocenters. The summed E-state index contributed by atoms with van der Waals surface area (Å²) in [6, 6.07) is 1.53. The van der Waals surface area contributed by atoms with Crippen molar-refractivity contribution in [3.63, 3.8) is 0 Å². The number of esters is 1. The molecule has 0 N–H and O–H groups in total. The van der Waals surface area contributed by atoms with E-state index in [-0.39, 0.29) is 0 Å². The van der Waals surface area contributed by atoms with Gasteiger partial charge in [-0.25, -0.2) is 4.79 Å². The van der Waals surface area contributed by atoms with Crippen LogP contribution in [0.2, 0.25) is 5.02 Å². The number of hydrogen-bond acceptors (Lipinski definition) is 3. The summed E-state index contributed by atoms with van der Waals surface area (Å²) in [5.41, 5.74) is 0.978. The number of rotatable bonds is 1. The third-order valence-electron chi connectivity index (χ3n) is 1.47. The monoisotopic (exact) mass is 185 g/mol. The molecule has 0 aliphatic heterocycles. The van der Waals surface area contributed by atoms with Crippen molar-refractivity contribution in [1.82, 2.24) is 4.98 Å². The van der Waals surface area contributed by atoms with Gasteiger partial charge in [0.1, 0.15) is 0 Å². The predicted octanol–water partition coefficient (Wildman–Crippen LogP) is 1.83. The molecule has 0 saturated carbocycles. The van der Waals surface area contributed by atoms with Crippen LogP contribution in [-0.2, 0) is 4.74 Å². The zero-order chi connectivity index (χ0) is 9.14. The zero-order valence-electron chi connectivity index (χ0n) is 6.80. The standard InChI is InChI=1S/C8H8ClNO2/c1-5-7(9)6(3-4-10-5)8(11)12-2/h3-4H,1-2H3. The molecule has 0 radical (unpaired) electrons. The fraction of sp³-hybridized carbons (Fsp3) is 0.250. The lowest BCUT2D eigenvalue weighted by molar-refractivity contribution is 0.0600. The smallest absolute Gasteiger partial charge is 0.339 e. The molecule has 0 amide bonds. The normalized spacial score (nSPS) is 9.58. The topological polar surface area (TPSA) is 39.2 Å². The van der Waals surface area contributed by atoms with E-state index in [2.05, 4.69) is 9.72 Å². The molecular weight excluding hydrogens is 178 g/mol. The summed E-state index contributed by atoms with van der Waals surface area (Å²) in [6.07, 6.45) is 1.52. The third-order valence-corrected chi connectivity index (χ3v) is 1.95. The van der Waals surface area contributed by atoms with Crippen LogP contribution in [0.15, 0.2) is 12.3 Å². The van der Waals surface area contributed by atoms with Gasteiger partial charge in [0.15, 0.2) is 0 Å². The predicted molar refractivity (Wildman–Crippen MR) is 45.3 cm³/mol. The van der Waals surface area contributed by atoms with Crippen LogP contribution < -0.4 is 0 Å². The number of carbonyl (C=O) groups excluding carboxylic acids is 1. The summed E-state index contributed by atoms with van der Waals surface area (Å²) >= 11 is 5.80. The van der Waals surface area contributed by atoms with E-state index in [4.69, 9.17) is 11.6 Å². The van der Waals surface area contributed by atoms with Gasteiger partial charge in [-0.1, -0.05) is 11.6 Å². The molecule has 12 heavy (non-hydrogen) atoms. The number of methoxy groups -OCH3 is 1. The van der Waals surface area contributed by atoms with Crippen molar-refractivity contribution in [2.24, 2.45) is 0 Å². The van der Waals surface area contributed by atoms with Crippen LogP contribution in [0.3, 0.4) is 0 Å². The molecule has 0 bridgehead atoms. The largest absolute Gasteiger partial charge is 0.465 e. The molecule has 0 spiro atoms. The van der Waals surface area contributed by atoms with Gasteiger partial charge in [-0.3, -0.25) is 4.98 Å². The van der Waals surface area contributed by atoms with Gasteiger partial charge in [-0.05, 0) is 13.0 Å². The maximum atomic E-state index is 11.1. The third kappa shape index (κ3) is 1.56. The number of hydrogen-bond donors (Lipinski definition) is 0. The highest BCUT2D eigenvalue weighted by molar-refractivity contribution is 6.34. The van der Waals surface area contributed by atoms with Gasteiger partial charge in [0, 0.05) is 6.20 Å². The van der Waals surface area contributed by atoms with E-state index in [9.17, 15) is 4.79 Å². The fourth-order valence-electron chi connectivity index (χ4n) is 0.816. The van der Waals surface area contributed by atoms with Gasteiger partial charge in [-0.2, -0.15) is 0 Å². The minimum atomic E-state index is -0.439. The molecular formula is C8H8ClNO2. The molecule has 0 aromatic carbocycles. The van der Waals surface area contributed by atoms with E-state index in [0.717, 1.165) is 0 Å². The van der Waals surface area contributed by atoms with E-state index in [1.54, 1.807) is 6.92 Å². The van der Waals surface area contributed by atoms with Crippen molar-refractivity contribution >= 4 is 17.6 Å². The van der Waals surface area contributed by atoms with Crippen molar-refractivity contribution in [2.75, 3.05) is 7.11 Å². The summed E-state index contributed by atoms with van der Waals surface area (Å²) < 4.78 is 4.52. The second-order valence-corrected chi connectivity index (χ2v) is 2.63. The fourth-order valence-corrected chi connectivity index (χ4v) is 1.00. The van der Waals surface area contributed by atoms with Crippen LogP contribution >= 0.6 is 11.6 Å². The Morgan fingerprint density at radius 2 is 2.33 bits per heavy atom. The first-order valence-electron chi connectivity index (χ1n) is 3.36. The summed E-state index contributed by atoms with van der Waals surface area (Å²) in [5.74, 6) is -0.439. The molecule has 64 valence electrons. The van der Waals surface area contributed by atoms with Gasteiger partial charge in [0.05, 0.1) is 23.4 Å². The number of aromatic nitrogens is 1. The quantitative estimate of drug-likeness (QED) is 0.627. The molecule has 3 nitrogen and oxygen atoms in total. The number of halogens is 1. The average Bonchev–Trinajstić information content (AvgIpc) is 2.08. The van der Waals surface area contributed by atoms with Gasteiger partial charge >= 0.3 is 5.97 Å². The lowest BCUT2D eigenvalue weighted by atomic mass is 10.2. The van der Waals surface area contributed by atoms with Crippen molar-refractivity contribution in [3.05, 3.63) is 28.5 Å². The highest BCUT2D eigenvalue weighted by Gasteiger charge is 2.11. The first-order valence-corrected chi connectivity index (χ1v) is 3.74. The minimum Gasteiger partial charge on any atom is -0.465 e. The SMILES string of the molecule is COC(=O)c1ccnc(C)c1Cl. The highest BCUT2D eigenvalue weighted by Crippen LogP contribution is 2.18. The molecule has 1 rings (SSSR count). The number of nitrogens with zero attached hydrogens (tertiary/aromatic N) is 1. The lowest BCUT2D eigenvalue weighted by Gasteiger charge is -2.02. The van der Waals surface area contributed by atoms with E-state index in [0.29, 0.717) is 16.3 Å². The molecule has 1 aromatic heterocycles. The second kappa shape index (κ2) is 3.54. The van der Waals surface area contributed by atoms with Crippen LogP contribution in [0.4, 0.5) is 0 Å². The molecule has 0 aliphatic carbocycles. The molecule has 1 heterocycles. The maximum Gasteiger partial charge on any atom is 0.339 e. The van der Waals surface area contributed by atoms with E-state index >= 15 is 0 Å². The molecule has 0 aliphatic rings. The van der Waals surface area contributed by atoms with Crippen molar-refractivity contribution in [3.8, 4) is 0 Å². The average molecular weight is 186 g/mol. The first kappa shape index (κ1) is 9.00. The summed E-state index contributed by atoms with van der Waals surface area (Å²) in [6.45, 7) is 1.73. The maximum absolute atomic E-state index is 11.1. The van der Waals surface area contributed by atoms with Crippen LogP contribution in [0, 0.1) is 6.92 Å². The molecule has 0 fully saturated rings. The van der Waals surface area contributed by atoms with Crippen LogP contribution in [-0.4, -0.2) is 18.1 Å². The molecule has 4 heteroatoms. The Kier molecular flexibility index (Phi) is 2.65. The Hall–Kier alpha value is -1.09. The van der Waals surface area contributed by atoms with Gasteiger partial charge in [0.2, 0.25) is 0 Å². The van der Waals surface area contributed by atoms with Gasteiger partial charge in [0.25, 0.3) is 0 Å². The Labute approximate surface area is 75.3 Å². The summed E-state index contributed by atoms with van der Waals surface area (Å²) in [5, 5.41) is 0.351. The Morgan fingerprint density at radius 3 is 2.92 bits per heavy atom. The Bertz CT molecular complexity index is 312. The molecule has 0 saturated heterocycles. The van der Waals surface area contributed by atoms with Crippen molar-refractivity contribution < 1.29 is 9.53 Å². The number of ether oxygens (including phenoxy) is 1. The second-order valence-electron chi connectivity index (χ2n) is 2.25. The van der Waals surface area contributed by atoms with E-state index in [1.807, 2.05) is 0 Å². The lowest BCUT2D eigenvalue weighted by Crippen LogP contribution is -2.03. The molecule has 1 aromatic rings. The summed E-state index contributed by atoms with van der Waals surface area (Å²) in [4.78, 5) is 15.0. The summed E-state index contributed by atoms with van der Waals surface area (Å²) in [7, 11) is 1.31. The van der Waals surface area contributed by atoms with Gasteiger partial charge < -0.3 is 4.74 Å². The minimum absolute atomic E-state index is 0.351. The Morgan fingerprint density at radius 1 is 1.67 bits per heavy atom. The number of pyridine rings is 1. The molecule has 0 atom stereocenters. The first-order chi connectivity index (χ1) is 5.66. The number of carbonyl (C=O) groups is 1. The van der Waals surface area contributed by atoms with Crippen LogP contribution in [0.1, 0.15) is 16.1 Å². The van der Waals surface area contributed by atoms with Crippen molar-refractivity contribution in [2.45, 2.75) is 6.92 Å². The highest BCUT2D eigenvalue weighted by atomic mass is 35.5. The van der Waals surface area contributed by atoms with E-state index < -0.39 is 5.97 Å². The van der Waals surface area contributed by atoms with Crippen LogP contribution in [0.25, 0.3) is 0 Å². The van der Waals surface area contributed by atoms with E-state index in [1.165, 1.54) is 19.4 Å². The zero-order valence-corrected chi connectivity index (χ0v) is 7.55.